The molecule has 0 aliphatic heterocycles. The topological polar surface area (TPSA) is 91.5 Å². The molecule has 3 nitrogen and oxygen atoms in total. The van der Waals surface area contributed by atoms with Crippen LogP contribution in [0.5, 0.6) is 0 Å². The van der Waals surface area contributed by atoms with Gasteiger partial charge in [-0.15, -0.1) is 0 Å². The van der Waals surface area contributed by atoms with Crippen LogP contribution in [0.1, 0.15) is 0 Å². The van der Waals surface area contributed by atoms with Crippen LogP contribution in [0.4, 0.5) is 0 Å². The van der Waals surface area contributed by atoms with Gasteiger partial charge in [0.1, 0.15) is 0 Å². The van der Waals surface area contributed by atoms with Crippen molar-refractivity contribution >= 4 is 47.7 Å². The summed E-state index contributed by atoms with van der Waals surface area (Å²) >= 11 is 0. The molecule has 0 aliphatic carbocycles. The number of hydrogen-bond acceptors (Lipinski definition) is 0. The van der Waals surface area contributed by atoms with Crippen molar-refractivity contribution in [3.8, 4) is 0 Å². The van der Waals surface area contributed by atoms with Gasteiger partial charge in [0.2, 0.25) is 0 Å². The molecule has 0 saturated heterocycles. The van der Waals surface area contributed by atoms with E-state index in [4.69, 9.17) is 0 Å². The third-order valence-corrected chi connectivity index (χ3v) is 0. The standard InChI is InChI=1S/Al.3Be.3N/q+3;3*+2;3*-3. The van der Waals surface area contributed by atoms with Gasteiger partial charge in [0, 0.05) is 0 Å². The first-order chi connectivity index (χ1) is 0. The minimum Gasteiger partial charge on any atom is -3.00 e. The summed E-state index contributed by atoms with van der Waals surface area (Å²) in [6, 6.07) is 0. The molecule has 0 aliphatic rings. The zero-order chi connectivity index (χ0) is 0. The number of nitrogens with zero attached hydrogens (tertiary/aromatic N) is 3. The first-order valence-corrected chi connectivity index (χ1v) is 0. The maximum atomic E-state index is 0. The predicted molar refractivity (Wildman–Crippen MR) is 33.1 cm³/mol. The summed E-state index contributed by atoms with van der Waals surface area (Å²) in [6.07, 6.45) is 0. The van der Waals surface area contributed by atoms with Crippen molar-refractivity contribution in [3.63, 3.8) is 0 Å². The molecule has 0 rings (SSSR count). The molecule has 0 aromatic rings. The molecule has 0 bridgehead atoms. The van der Waals surface area contributed by atoms with Gasteiger partial charge < -0.3 is 18.5 Å². The average Bonchev–Trinajstić information content (AvgIpc) is 0. The maximum absolute atomic E-state index is 0. The molecule has 0 aromatic carbocycles. The van der Waals surface area contributed by atoms with Crippen molar-refractivity contribution in [1.82, 2.24) is 0 Å². The largest absolute Gasteiger partial charge is 3.00 e. The van der Waals surface area contributed by atoms with Crippen LogP contribution in [-0.4, -0.2) is 47.7 Å². The van der Waals surface area contributed by atoms with E-state index >= 15 is 0 Å². The summed E-state index contributed by atoms with van der Waals surface area (Å²) < 4.78 is 0. The van der Waals surface area contributed by atoms with Gasteiger partial charge >= 0.3 is 47.7 Å². The monoisotopic (exact) mass is 96.0 g/mol. The van der Waals surface area contributed by atoms with E-state index in [2.05, 4.69) is 0 Å². The van der Waals surface area contributed by atoms with Gasteiger partial charge in [-0.3, -0.25) is 0 Å². The number of hydrogen-bond donors (Lipinski definition) is 0. The molecular formula is AlBe3N3. The SMILES string of the molecule is [Al+3].[Be+2].[Be+2].[Be+2].[N-3].[N-3].[N-3]. The Morgan fingerprint density at radius 1 is 0.429 bits per heavy atom. The normalized spacial score (nSPS) is 0. The predicted octanol–water partition coefficient (Wildman–Crippen LogP) is -0.657. The molecule has 0 N–H and O–H groups in total. The Morgan fingerprint density at radius 3 is 0.429 bits per heavy atom. The van der Waals surface area contributed by atoms with Crippen molar-refractivity contribution in [2.24, 2.45) is 0 Å². The Bertz CT molecular complexity index is 10.1. The summed E-state index contributed by atoms with van der Waals surface area (Å²) in [5.41, 5.74) is 0. The minimum atomic E-state index is 0. The molecule has 0 spiro atoms. The van der Waals surface area contributed by atoms with Gasteiger partial charge in [-0.2, -0.15) is 0 Å². The van der Waals surface area contributed by atoms with Crippen LogP contribution in [0.3, 0.4) is 0 Å². The maximum Gasteiger partial charge on any atom is 3.00 e. The molecule has 0 aromatic heterocycles. The molecular weight excluding hydrogens is 96.0 g/mol. The summed E-state index contributed by atoms with van der Waals surface area (Å²) in [6.45, 7) is 0. The van der Waals surface area contributed by atoms with Crippen molar-refractivity contribution in [2.45, 2.75) is 0 Å². The van der Waals surface area contributed by atoms with Gasteiger partial charge in [-0.1, -0.05) is 0 Å². The average molecular weight is 96.0 g/mol. The molecule has 0 atom stereocenters. The molecule has 0 unspecified atom stereocenters. The third kappa shape index (κ3) is 198. The fraction of sp³-hybridized carbons (Fsp3) is 0. The van der Waals surface area contributed by atoms with Gasteiger partial charge in [0.05, 0.1) is 0 Å². The molecule has 0 radical (unpaired) electrons. The zero-order valence-corrected chi connectivity index (χ0v) is 5.20. The Morgan fingerprint density at radius 2 is 0.429 bits per heavy atom. The van der Waals surface area contributed by atoms with Crippen LogP contribution in [0.15, 0.2) is 0 Å². The molecule has 24 valence electrons. The summed E-state index contributed by atoms with van der Waals surface area (Å²) in [7, 11) is 0. The van der Waals surface area contributed by atoms with Crippen LogP contribution in [0, 0.1) is 0 Å². The van der Waals surface area contributed by atoms with Crippen LogP contribution in [0.2, 0.25) is 0 Å². The molecule has 0 amide bonds. The molecule has 0 heterocycles. The first kappa shape index (κ1) is 449. The Kier molecular flexibility index (Phi) is 18400. The first-order valence-electron chi connectivity index (χ1n) is 0. The fourth-order valence-corrected chi connectivity index (χ4v) is 0. The molecule has 0 fully saturated rings. The third-order valence-electron chi connectivity index (χ3n) is 0. The van der Waals surface area contributed by atoms with Gasteiger partial charge in [-0.25, -0.2) is 0 Å². The quantitative estimate of drug-likeness (QED) is 0.358. The van der Waals surface area contributed by atoms with Crippen molar-refractivity contribution in [3.05, 3.63) is 18.5 Å². The van der Waals surface area contributed by atoms with E-state index in [1.54, 1.807) is 0 Å². The van der Waals surface area contributed by atoms with Gasteiger partial charge in [-0.05, 0) is 0 Å². The second kappa shape index (κ2) is 287. The van der Waals surface area contributed by atoms with Crippen LogP contribution in [-0.2, 0) is 0 Å². The van der Waals surface area contributed by atoms with E-state index in [1.165, 1.54) is 0 Å². The van der Waals surface area contributed by atoms with E-state index in [0.717, 1.165) is 0 Å². The van der Waals surface area contributed by atoms with E-state index in [1.807, 2.05) is 0 Å². The smallest absolute Gasteiger partial charge is 3.00 e. The van der Waals surface area contributed by atoms with Crippen LogP contribution < -0.4 is 0 Å². The molecule has 7 heavy (non-hydrogen) atoms. The molecule has 7 heteroatoms. The molecule has 0 saturated carbocycles. The summed E-state index contributed by atoms with van der Waals surface area (Å²) in [5.74, 6) is 0. The second-order valence-electron chi connectivity index (χ2n) is 0. The van der Waals surface area contributed by atoms with Crippen LogP contribution in [0.25, 0.3) is 18.5 Å². The van der Waals surface area contributed by atoms with Crippen molar-refractivity contribution < 1.29 is 0 Å². The van der Waals surface area contributed by atoms with E-state index < -0.39 is 0 Å². The van der Waals surface area contributed by atoms with E-state index in [9.17, 15) is 0 Å². The van der Waals surface area contributed by atoms with E-state index in [-0.39, 0.29) is 66.2 Å². The summed E-state index contributed by atoms with van der Waals surface area (Å²) in [5, 5.41) is 0. The minimum absolute atomic E-state index is 0. The van der Waals surface area contributed by atoms with Gasteiger partial charge in [0.15, 0.2) is 0 Å². The fourth-order valence-electron chi connectivity index (χ4n) is 0. The second-order valence-corrected chi connectivity index (χ2v) is 0. The van der Waals surface area contributed by atoms with Gasteiger partial charge in [0.25, 0.3) is 0 Å². The summed E-state index contributed by atoms with van der Waals surface area (Å²) in [4.78, 5) is 0. The van der Waals surface area contributed by atoms with Crippen LogP contribution >= 0.6 is 0 Å². The van der Waals surface area contributed by atoms with Crippen molar-refractivity contribution in [2.75, 3.05) is 0 Å². The Balaban J connectivity index is 0. The van der Waals surface area contributed by atoms with Crippen molar-refractivity contribution in [1.29, 1.82) is 0 Å². The Hall–Kier alpha value is 0.919. The Labute approximate surface area is 66.5 Å². The van der Waals surface area contributed by atoms with E-state index in [0.29, 0.717) is 0 Å². The zero-order valence-electron chi connectivity index (χ0n) is 4.04. The number of rotatable bonds is 0.